The van der Waals surface area contributed by atoms with Crippen molar-refractivity contribution in [1.82, 2.24) is 5.32 Å². The van der Waals surface area contributed by atoms with E-state index < -0.39 is 5.82 Å². The molecule has 1 aliphatic rings. The minimum Gasteiger partial charge on any atom is -0.370 e. The molecule has 1 fully saturated rings. The van der Waals surface area contributed by atoms with Crippen molar-refractivity contribution >= 4 is 23.6 Å². The SMILES string of the molecule is O=C(/C=C/c1c(F)cccc1Cl)N[C@@H](C[NH+]1CCOCC1)c1ccccc1. The molecule has 0 spiro atoms. The Morgan fingerprint density at radius 1 is 1.19 bits per heavy atom. The lowest BCUT2D eigenvalue weighted by atomic mass is 10.1. The third-order valence-corrected chi connectivity index (χ3v) is 4.94. The molecule has 6 heteroatoms. The second-order valence-electron chi connectivity index (χ2n) is 6.51. The van der Waals surface area contributed by atoms with E-state index in [-0.39, 0.29) is 22.5 Å². The fourth-order valence-electron chi connectivity index (χ4n) is 3.14. The maximum Gasteiger partial charge on any atom is 0.244 e. The van der Waals surface area contributed by atoms with E-state index in [1.54, 1.807) is 6.07 Å². The van der Waals surface area contributed by atoms with E-state index in [2.05, 4.69) is 5.32 Å². The van der Waals surface area contributed by atoms with E-state index in [9.17, 15) is 9.18 Å². The molecule has 0 aromatic heterocycles. The topological polar surface area (TPSA) is 42.8 Å². The van der Waals surface area contributed by atoms with Crippen LogP contribution in [0.25, 0.3) is 6.08 Å². The third kappa shape index (κ3) is 5.63. The number of amides is 1. The van der Waals surface area contributed by atoms with E-state index in [4.69, 9.17) is 16.3 Å². The van der Waals surface area contributed by atoms with Gasteiger partial charge in [-0.1, -0.05) is 48.0 Å². The molecule has 1 aliphatic heterocycles. The van der Waals surface area contributed by atoms with Gasteiger partial charge in [0.25, 0.3) is 0 Å². The average molecular weight is 390 g/mol. The van der Waals surface area contributed by atoms with Crippen LogP contribution >= 0.6 is 11.6 Å². The summed E-state index contributed by atoms with van der Waals surface area (Å²) in [7, 11) is 0. The first-order chi connectivity index (χ1) is 13.1. The highest BCUT2D eigenvalue weighted by Gasteiger charge is 2.22. The normalized spacial score (nSPS) is 16.4. The molecule has 0 aliphatic carbocycles. The molecular weight excluding hydrogens is 367 g/mol. The molecule has 0 bridgehead atoms. The second-order valence-corrected chi connectivity index (χ2v) is 6.91. The predicted octanol–water partition coefficient (Wildman–Crippen LogP) is 2.26. The minimum atomic E-state index is -0.455. The third-order valence-electron chi connectivity index (χ3n) is 4.61. The molecule has 0 saturated carbocycles. The van der Waals surface area contributed by atoms with Gasteiger partial charge in [0.15, 0.2) is 0 Å². The van der Waals surface area contributed by atoms with Gasteiger partial charge in [0, 0.05) is 11.6 Å². The zero-order valence-corrected chi connectivity index (χ0v) is 15.7. The van der Waals surface area contributed by atoms with E-state index in [0.29, 0.717) is 0 Å². The van der Waals surface area contributed by atoms with Crippen molar-refractivity contribution < 1.29 is 18.8 Å². The Labute approximate surface area is 163 Å². The molecule has 1 saturated heterocycles. The molecule has 27 heavy (non-hydrogen) atoms. The van der Waals surface area contributed by atoms with Crippen LogP contribution in [0.5, 0.6) is 0 Å². The van der Waals surface area contributed by atoms with Crippen molar-refractivity contribution in [2.45, 2.75) is 6.04 Å². The van der Waals surface area contributed by atoms with Crippen LogP contribution in [0.15, 0.2) is 54.6 Å². The highest BCUT2D eigenvalue weighted by Crippen LogP contribution is 2.20. The zero-order chi connectivity index (χ0) is 19.1. The van der Waals surface area contributed by atoms with E-state index >= 15 is 0 Å². The van der Waals surface area contributed by atoms with Crippen molar-refractivity contribution in [2.75, 3.05) is 32.8 Å². The number of ether oxygens (including phenoxy) is 1. The lowest BCUT2D eigenvalue weighted by Crippen LogP contribution is -3.14. The number of carbonyl (C=O) groups is 1. The summed E-state index contributed by atoms with van der Waals surface area (Å²) in [6.45, 7) is 4.07. The van der Waals surface area contributed by atoms with Crippen molar-refractivity contribution in [3.63, 3.8) is 0 Å². The van der Waals surface area contributed by atoms with E-state index in [1.807, 2.05) is 30.3 Å². The van der Waals surface area contributed by atoms with Gasteiger partial charge in [-0.3, -0.25) is 4.79 Å². The van der Waals surface area contributed by atoms with Crippen LogP contribution in [-0.2, 0) is 9.53 Å². The summed E-state index contributed by atoms with van der Waals surface area (Å²) in [5.74, 6) is -0.736. The first-order valence-corrected chi connectivity index (χ1v) is 9.40. The van der Waals surface area contributed by atoms with Gasteiger partial charge in [-0.2, -0.15) is 0 Å². The summed E-state index contributed by atoms with van der Waals surface area (Å²) in [6.07, 6.45) is 2.74. The quantitative estimate of drug-likeness (QED) is 0.744. The molecule has 1 amide bonds. The molecule has 1 atom stereocenters. The van der Waals surface area contributed by atoms with Gasteiger partial charge < -0.3 is 15.0 Å². The number of rotatable bonds is 6. The Kier molecular flexibility index (Phi) is 6.98. The number of hydrogen-bond acceptors (Lipinski definition) is 2. The van der Waals surface area contributed by atoms with Crippen molar-refractivity contribution in [3.05, 3.63) is 76.6 Å². The van der Waals surface area contributed by atoms with Crippen molar-refractivity contribution in [3.8, 4) is 0 Å². The zero-order valence-electron chi connectivity index (χ0n) is 15.0. The van der Waals surface area contributed by atoms with Gasteiger partial charge in [-0.25, -0.2) is 4.39 Å². The minimum absolute atomic E-state index is 0.132. The second kappa shape index (κ2) is 9.65. The maximum atomic E-state index is 13.9. The average Bonchev–Trinajstić information content (AvgIpc) is 2.68. The lowest BCUT2D eigenvalue weighted by molar-refractivity contribution is -0.909. The number of quaternary nitrogens is 1. The van der Waals surface area contributed by atoms with E-state index in [1.165, 1.54) is 29.2 Å². The Bertz CT molecular complexity index is 772. The molecule has 2 N–H and O–H groups in total. The molecular formula is C21H23ClFN2O2+. The fraction of sp³-hybridized carbons (Fsp3) is 0.286. The van der Waals surface area contributed by atoms with Gasteiger partial charge in [0.05, 0.1) is 18.2 Å². The summed E-state index contributed by atoms with van der Waals surface area (Å²) in [4.78, 5) is 13.9. The van der Waals surface area contributed by atoms with E-state index in [0.717, 1.165) is 38.4 Å². The van der Waals surface area contributed by atoms with Gasteiger partial charge in [0.1, 0.15) is 31.5 Å². The Balaban J connectivity index is 1.71. The van der Waals surface area contributed by atoms with Crippen LogP contribution in [0.3, 0.4) is 0 Å². The molecule has 0 unspecified atom stereocenters. The summed E-state index contributed by atoms with van der Waals surface area (Å²) in [5, 5.41) is 3.31. The van der Waals surface area contributed by atoms with Gasteiger partial charge in [0.2, 0.25) is 5.91 Å². The standard InChI is InChI=1S/C21H22ClFN2O2/c22-18-7-4-8-19(23)17(18)9-10-21(26)24-20(16-5-2-1-3-6-16)15-25-11-13-27-14-12-25/h1-10,20H,11-15H2,(H,24,26)/p+1/b10-9+/t20-/m0/s1. The molecule has 2 aromatic carbocycles. The molecule has 1 heterocycles. The Morgan fingerprint density at radius 2 is 1.93 bits per heavy atom. The first kappa shape index (κ1) is 19.5. The number of halogens is 2. The van der Waals surface area contributed by atoms with Crippen LogP contribution in [-0.4, -0.2) is 38.8 Å². The van der Waals surface area contributed by atoms with Crippen molar-refractivity contribution in [2.24, 2.45) is 0 Å². The van der Waals surface area contributed by atoms with Gasteiger partial charge in [-0.15, -0.1) is 0 Å². The first-order valence-electron chi connectivity index (χ1n) is 9.02. The number of nitrogens with one attached hydrogen (secondary N) is 2. The van der Waals surface area contributed by atoms with Gasteiger partial charge in [-0.05, 0) is 23.8 Å². The maximum absolute atomic E-state index is 13.9. The summed E-state index contributed by atoms with van der Waals surface area (Å²) >= 11 is 6.01. The molecule has 2 aromatic rings. The predicted molar refractivity (Wildman–Crippen MR) is 104 cm³/mol. The number of benzene rings is 2. The largest absolute Gasteiger partial charge is 0.370 e. The van der Waals surface area contributed by atoms with Crippen LogP contribution in [0.2, 0.25) is 5.02 Å². The van der Waals surface area contributed by atoms with Crippen LogP contribution in [0, 0.1) is 5.82 Å². The molecule has 3 rings (SSSR count). The lowest BCUT2D eigenvalue weighted by Gasteiger charge is -2.28. The van der Waals surface area contributed by atoms with Crippen LogP contribution < -0.4 is 10.2 Å². The number of carbonyl (C=O) groups excluding carboxylic acids is 1. The highest BCUT2D eigenvalue weighted by molar-refractivity contribution is 6.32. The molecule has 0 radical (unpaired) electrons. The monoisotopic (exact) mass is 389 g/mol. The van der Waals surface area contributed by atoms with Crippen LogP contribution in [0.1, 0.15) is 17.2 Å². The summed E-state index contributed by atoms with van der Waals surface area (Å²) in [5.41, 5.74) is 1.26. The Morgan fingerprint density at radius 3 is 2.63 bits per heavy atom. The Hall–Kier alpha value is -2.21. The fourth-order valence-corrected chi connectivity index (χ4v) is 3.37. The summed E-state index contributed by atoms with van der Waals surface area (Å²) < 4.78 is 19.3. The number of hydrogen-bond donors (Lipinski definition) is 2. The summed E-state index contributed by atoms with van der Waals surface area (Å²) in [6, 6.07) is 14.2. The van der Waals surface area contributed by atoms with Crippen molar-refractivity contribution in [1.29, 1.82) is 0 Å². The smallest absolute Gasteiger partial charge is 0.244 e. The molecule has 142 valence electrons. The number of morpholine rings is 1. The van der Waals surface area contributed by atoms with Crippen LogP contribution in [0.4, 0.5) is 4.39 Å². The highest BCUT2D eigenvalue weighted by atomic mass is 35.5. The van der Waals surface area contributed by atoms with Gasteiger partial charge >= 0.3 is 0 Å². The molecule has 4 nitrogen and oxygen atoms in total.